The molecule has 7 heteroatoms. The number of ketones is 2. The zero-order chi connectivity index (χ0) is 18.1. The molecule has 0 heterocycles. The van der Waals surface area contributed by atoms with Gasteiger partial charge < -0.3 is 19.1 Å². The van der Waals surface area contributed by atoms with Gasteiger partial charge in [0.25, 0.3) is 0 Å². The van der Waals surface area contributed by atoms with Gasteiger partial charge in [0.2, 0.25) is 0 Å². The molecule has 0 rings (SSSR count). The molecule has 1 radical (unpaired) electrons. The second-order valence-electron chi connectivity index (χ2n) is 6.58. The Morgan fingerprint density at radius 3 is 1.00 bits per heavy atom. The summed E-state index contributed by atoms with van der Waals surface area (Å²) >= 11 is 0. The van der Waals surface area contributed by atoms with Crippen molar-refractivity contribution in [2.45, 2.75) is 66.6 Å². The molecule has 0 saturated carbocycles. The van der Waals surface area contributed by atoms with Gasteiger partial charge in [-0.25, -0.2) is 12.8 Å². The minimum absolute atomic E-state index is 0. The van der Waals surface area contributed by atoms with E-state index in [2.05, 4.69) is 0 Å². The van der Waals surface area contributed by atoms with Gasteiger partial charge >= 0.3 is 17.1 Å². The number of carbonyl (C=O) groups excluding carboxylic acids is 4. The smallest absolute Gasteiger partial charge is 0.482 e. The Morgan fingerprint density at radius 1 is 0.652 bits per heavy atom. The van der Waals surface area contributed by atoms with Crippen molar-refractivity contribution in [1.82, 2.24) is 0 Å². The SMILES string of the molecule is CC(=O)[CH-]C(=O)OC(C)(C)C.CC(=O)[CH-]C(=O)OC(C)(C)C.[Cu+2]. The van der Waals surface area contributed by atoms with E-state index in [-0.39, 0.29) is 28.6 Å². The van der Waals surface area contributed by atoms with Gasteiger partial charge in [-0.15, -0.1) is 0 Å². The van der Waals surface area contributed by atoms with Gasteiger partial charge in [0, 0.05) is 11.6 Å². The summed E-state index contributed by atoms with van der Waals surface area (Å²) in [5.41, 5.74) is -1.05. The first-order valence-corrected chi connectivity index (χ1v) is 6.79. The van der Waals surface area contributed by atoms with Gasteiger partial charge in [-0.1, -0.05) is 0 Å². The largest absolute Gasteiger partial charge is 2.00 e. The van der Waals surface area contributed by atoms with Crippen molar-refractivity contribution in [3.8, 4) is 0 Å². The average Bonchev–Trinajstić information content (AvgIpc) is 2.07. The third-order valence-corrected chi connectivity index (χ3v) is 1.46. The molecule has 0 N–H and O–H groups in total. The summed E-state index contributed by atoms with van der Waals surface area (Å²) in [6.07, 6.45) is 1.87. The van der Waals surface area contributed by atoms with Gasteiger partial charge in [0.15, 0.2) is 11.9 Å². The molecule has 0 aliphatic rings. The van der Waals surface area contributed by atoms with Crippen molar-refractivity contribution in [1.29, 1.82) is 0 Å². The summed E-state index contributed by atoms with van der Waals surface area (Å²) in [6, 6.07) is 0. The number of ether oxygens (including phenoxy) is 2. The fourth-order valence-corrected chi connectivity index (χ4v) is 0.994. The van der Waals surface area contributed by atoms with Crippen LogP contribution in [0, 0.1) is 12.8 Å². The molecular weight excluding hydrogens is 352 g/mol. The van der Waals surface area contributed by atoms with E-state index in [1.807, 2.05) is 0 Å². The van der Waals surface area contributed by atoms with Gasteiger partial charge in [0.1, 0.15) is 11.2 Å². The molecule has 0 aliphatic carbocycles. The van der Waals surface area contributed by atoms with Crippen LogP contribution in [0.1, 0.15) is 55.4 Å². The van der Waals surface area contributed by atoms with Crippen LogP contribution in [0.25, 0.3) is 0 Å². The normalized spacial score (nSPS) is 10.1. The number of hydrogen-bond acceptors (Lipinski definition) is 6. The van der Waals surface area contributed by atoms with E-state index in [0.29, 0.717) is 0 Å². The van der Waals surface area contributed by atoms with Crippen LogP contribution in [0.15, 0.2) is 0 Å². The predicted octanol–water partition coefficient (Wildman–Crippen LogP) is 2.24. The second-order valence-corrected chi connectivity index (χ2v) is 6.58. The summed E-state index contributed by atoms with van der Waals surface area (Å²) in [6.45, 7) is 13.1. The van der Waals surface area contributed by atoms with Gasteiger partial charge in [-0.2, -0.15) is 0 Å². The maximum Gasteiger partial charge on any atom is 2.00 e. The van der Waals surface area contributed by atoms with Crippen LogP contribution in [0.2, 0.25) is 0 Å². The van der Waals surface area contributed by atoms with Crippen molar-refractivity contribution < 1.29 is 45.7 Å². The quantitative estimate of drug-likeness (QED) is 0.323. The third-order valence-electron chi connectivity index (χ3n) is 1.46. The fraction of sp³-hybridized carbons (Fsp3) is 0.625. The number of esters is 2. The Labute approximate surface area is 149 Å². The summed E-state index contributed by atoms with van der Waals surface area (Å²) in [4.78, 5) is 42.3. The summed E-state index contributed by atoms with van der Waals surface area (Å²) < 4.78 is 9.67. The molecule has 0 atom stereocenters. The molecule has 0 fully saturated rings. The van der Waals surface area contributed by atoms with Crippen molar-refractivity contribution in [3.05, 3.63) is 12.8 Å². The number of carbonyl (C=O) groups is 4. The Kier molecular flexibility index (Phi) is 12.8. The Bertz CT molecular complexity index is 375. The Morgan fingerprint density at radius 2 is 0.870 bits per heavy atom. The molecule has 0 spiro atoms. The van der Waals surface area contributed by atoms with E-state index < -0.39 is 23.1 Å². The molecule has 23 heavy (non-hydrogen) atoms. The Balaban J connectivity index is -0.000000333. The second kappa shape index (κ2) is 11.1. The molecule has 0 saturated heterocycles. The molecule has 137 valence electrons. The molecule has 0 bridgehead atoms. The molecule has 0 aliphatic heterocycles. The first-order chi connectivity index (χ1) is 9.62. The van der Waals surface area contributed by atoms with Crippen molar-refractivity contribution in [3.63, 3.8) is 0 Å². The maximum absolute atomic E-state index is 10.8. The topological polar surface area (TPSA) is 86.7 Å². The zero-order valence-corrected chi connectivity index (χ0v) is 15.8. The Hall–Kier alpha value is -1.46. The predicted molar refractivity (Wildman–Crippen MR) is 81.7 cm³/mol. The van der Waals surface area contributed by atoms with E-state index in [4.69, 9.17) is 9.47 Å². The van der Waals surface area contributed by atoms with Gasteiger partial charge in [0.05, 0.1) is 0 Å². The number of Topliss-reactive ketones (excluding diaryl/α,β-unsaturated/α-hetero) is 2. The van der Waals surface area contributed by atoms with Gasteiger partial charge in [-0.3, -0.25) is 9.59 Å². The van der Waals surface area contributed by atoms with Crippen LogP contribution in [0.5, 0.6) is 0 Å². The third kappa shape index (κ3) is 25.8. The van der Waals surface area contributed by atoms with E-state index in [1.54, 1.807) is 41.5 Å². The van der Waals surface area contributed by atoms with Crippen molar-refractivity contribution in [2.24, 2.45) is 0 Å². The molecular formula is C16H26CuO6. The van der Waals surface area contributed by atoms with Crippen LogP contribution < -0.4 is 0 Å². The molecule has 0 unspecified atom stereocenters. The molecule has 0 aromatic heterocycles. The molecule has 0 aromatic rings. The maximum atomic E-state index is 10.8. The van der Waals surface area contributed by atoms with E-state index >= 15 is 0 Å². The van der Waals surface area contributed by atoms with E-state index in [0.717, 1.165) is 12.8 Å². The zero-order valence-electron chi connectivity index (χ0n) is 14.9. The van der Waals surface area contributed by atoms with Crippen LogP contribution in [0.4, 0.5) is 0 Å². The average molecular weight is 378 g/mol. The number of hydrogen-bond donors (Lipinski definition) is 0. The van der Waals surface area contributed by atoms with E-state index in [9.17, 15) is 19.2 Å². The first-order valence-electron chi connectivity index (χ1n) is 6.79. The fourth-order valence-electron chi connectivity index (χ4n) is 0.994. The van der Waals surface area contributed by atoms with Crippen LogP contribution in [0.3, 0.4) is 0 Å². The summed E-state index contributed by atoms with van der Waals surface area (Å²) in [5, 5.41) is 0. The first kappa shape index (κ1) is 26.4. The summed E-state index contributed by atoms with van der Waals surface area (Å²) in [7, 11) is 0. The monoisotopic (exact) mass is 377 g/mol. The van der Waals surface area contributed by atoms with E-state index in [1.165, 1.54) is 13.8 Å². The number of rotatable bonds is 4. The molecule has 6 nitrogen and oxygen atoms in total. The van der Waals surface area contributed by atoms with Crippen molar-refractivity contribution in [2.75, 3.05) is 0 Å². The van der Waals surface area contributed by atoms with Crippen LogP contribution in [-0.4, -0.2) is 34.7 Å². The minimum Gasteiger partial charge on any atom is -0.482 e. The van der Waals surface area contributed by atoms with Crippen LogP contribution in [-0.2, 0) is 45.7 Å². The van der Waals surface area contributed by atoms with Crippen LogP contribution >= 0.6 is 0 Å². The van der Waals surface area contributed by atoms with Crippen molar-refractivity contribution >= 4 is 23.5 Å². The summed E-state index contributed by atoms with van der Waals surface area (Å²) in [5.74, 6) is -1.74. The molecule has 0 amide bonds. The minimum atomic E-state index is -0.579. The van der Waals surface area contributed by atoms with Gasteiger partial charge in [-0.05, 0) is 55.4 Å². The standard InChI is InChI=1S/2C8H13O3.Cu/c2*1-6(9)5-7(10)11-8(2,3)4;/h2*5H,1-4H3;/q2*-1;+2. The molecule has 0 aromatic carbocycles.